The van der Waals surface area contributed by atoms with Gasteiger partial charge in [-0.1, -0.05) is 13.8 Å². The summed E-state index contributed by atoms with van der Waals surface area (Å²) < 4.78 is 68.7. The Morgan fingerprint density at radius 2 is 1.91 bits per heavy atom. The molecular formula is C13H19F3N2O3S. The number of nitrogens with two attached hydrogens (primary N) is 1. The van der Waals surface area contributed by atoms with E-state index in [4.69, 9.17) is 5.73 Å². The third-order valence-electron chi connectivity index (χ3n) is 3.52. The van der Waals surface area contributed by atoms with Crippen molar-refractivity contribution in [3.8, 4) is 5.75 Å². The highest BCUT2D eigenvalue weighted by Gasteiger charge is 2.31. The predicted molar refractivity (Wildman–Crippen MR) is 75.7 cm³/mol. The van der Waals surface area contributed by atoms with Gasteiger partial charge in [0, 0.05) is 12.1 Å². The molecule has 9 heteroatoms. The van der Waals surface area contributed by atoms with E-state index in [2.05, 4.69) is 9.46 Å². The molecule has 0 spiro atoms. The van der Waals surface area contributed by atoms with E-state index in [0.29, 0.717) is 18.9 Å². The number of alkyl halides is 2. The fourth-order valence-electron chi connectivity index (χ4n) is 1.91. The molecule has 0 atom stereocenters. The first kappa shape index (κ1) is 18.7. The van der Waals surface area contributed by atoms with Gasteiger partial charge in [-0.25, -0.2) is 17.5 Å². The Morgan fingerprint density at radius 1 is 1.32 bits per heavy atom. The average molecular weight is 340 g/mol. The number of sulfonamides is 1. The van der Waals surface area contributed by atoms with E-state index >= 15 is 0 Å². The van der Waals surface area contributed by atoms with Crippen LogP contribution in [-0.2, 0) is 10.0 Å². The monoisotopic (exact) mass is 340 g/mol. The maximum Gasteiger partial charge on any atom is 0.387 e. The Kier molecular flexibility index (Phi) is 6.21. The Morgan fingerprint density at radius 3 is 2.32 bits per heavy atom. The third kappa shape index (κ3) is 4.34. The summed E-state index contributed by atoms with van der Waals surface area (Å²) in [5.74, 6) is -1.90. The van der Waals surface area contributed by atoms with Gasteiger partial charge in [0.2, 0.25) is 10.0 Å². The molecule has 0 radical (unpaired) electrons. The first-order valence-electron chi connectivity index (χ1n) is 6.68. The minimum atomic E-state index is -4.04. The molecule has 1 aromatic rings. The minimum absolute atomic E-state index is 0.0777. The summed E-state index contributed by atoms with van der Waals surface area (Å²) >= 11 is 0. The van der Waals surface area contributed by atoms with Crippen LogP contribution in [0.5, 0.6) is 5.75 Å². The highest BCUT2D eigenvalue weighted by atomic mass is 32.2. The molecule has 0 amide bonds. The molecule has 0 bridgehead atoms. The van der Waals surface area contributed by atoms with Gasteiger partial charge in [0.25, 0.3) is 0 Å². The number of rotatable bonds is 8. The highest BCUT2D eigenvalue weighted by molar-refractivity contribution is 7.89. The quantitative estimate of drug-likeness (QED) is 0.760. The Bertz CT molecular complexity index is 596. The Labute approximate surface area is 127 Å². The molecule has 5 nitrogen and oxygen atoms in total. The van der Waals surface area contributed by atoms with E-state index in [1.165, 1.54) is 0 Å². The summed E-state index contributed by atoms with van der Waals surface area (Å²) in [6.45, 7) is 0.437. The van der Waals surface area contributed by atoms with Gasteiger partial charge >= 0.3 is 6.61 Å². The van der Waals surface area contributed by atoms with E-state index in [1.54, 1.807) is 13.8 Å². The first-order valence-corrected chi connectivity index (χ1v) is 8.16. The van der Waals surface area contributed by atoms with Crippen molar-refractivity contribution in [1.29, 1.82) is 0 Å². The van der Waals surface area contributed by atoms with Crippen molar-refractivity contribution in [1.82, 2.24) is 4.72 Å². The van der Waals surface area contributed by atoms with Gasteiger partial charge in [-0.3, -0.25) is 0 Å². The predicted octanol–water partition coefficient (Wildman–Crippen LogP) is 2.22. The topological polar surface area (TPSA) is 81.4 Å². The summed E-state index contributed by atoms with van der Waals surface area (Å²) in [5.41, 5.74) is 4.78. The van der Waals surface area contributed by atoms with E-state index in [-0.39, 0.29) is 11.4 Å². The molecule has 1 aromatic carbocycles. The molecule has 0 aliphatic rings. The normalized spacial score (nSPS) is 12.7. The molecule has 0 aromatic heterocycles. The number of hydrogen-bond donors (Lipinski definition) is 2. The fourth-order valence-corrected chi connectivity index (χ4v) is 3.47. The SMILES string of the molecule is CCC(CC)(CN)NS(=O)(=O)c1ccc(OC(F)F)c(F)c1. The summed E-state index contributed by atoms with van der Waals surface area (Å²) in [5, 5.41) is 0. The van der Waals surface area contributed by atoms with Gasteiger partial charge in [0.05, 0.1) is 4.90 Å². The van der Waals surface area contributed by atoms with Crippen molar-refractivity contribution < 1.29 is 26.3 Å². The maximum atomic E-state index is 13.6. The number of benzene rings is 1. The Hall–Kier alpha value is -1.32. The lowest BCUT2D eigenvalue weighted by Gasteiger charge is -2.31. The molecule has 1 rings (SSSR count). The van der Waals surface area contributed by atoms with Crippen LogP contribution >= 0.6 is 0 Å². The van der Waals surface area contributed by atoms with Crippen LogP contribution in [0, 0.1) is 5.82 Å². The first-order chi connectivity index (χ1) is 10.2. The van der Waals surface area contributed by atoms with Crippen molar-refractivity contribution in [2.75, 3.05) is 6.54 Å². The molecule has 126 valence electrons. The summed E-state index contributed by atoms with van der Waals surface area (Å²) in [6, 6.07) is 2.47. The van der Waals surface area contributed by atoms with Gasteiger partial charge < -0.3 is 10.5 Å². The van der Waals surface area contributed by atoms with Crippen molar-refractivity contribution in [2.45, 2.75) is 43.7 Å². The molecule has 0 saturated carbocycles. The molecule has 0 aliphatic carbocycles. The van der Waals surface area contributed by atoms with E-state index < -0.39 is 33.7 Å². The highest BCUT2D eigenvalue weighted by Crippen LogP contribution is 2.24. The van der Waals surface area contributed by atoms with Crippen molar-refractivity contribution in [3.63, 3.8) is 0 Å². The summed E-state index contributed by atoms with van der Waals surface area (Å²) in [4.78, 5) is -0.383. The lowest BCUT2D eigenvalue weighted by Crippen LogP contribution is -2.52. The van der Waals surface area contributed by atoms with E-state index in [9.17, 15) is 21.6 Å². The van der Waals surface area contributed by atoms with Gasteiger partial charge in [-0.05, 0) is 31.0 Å². The van der Waals surface area contributed by atoms with Crippen LogP contribution in [0.4, 0.5) is 13.2 Å². The zero-order valence-corrected chi connectivity index (χ0v) is 13.1. The summed E-state index contributed by atoms with van der Waals surface area (Å²) in [7, 11) is -4.04. The summed E-state index contributed by atoms with van der Waals surface area (Å²) in [6.07, 6.45) is 0.905. The van der Waals surface area contributed by atoms with E-state index in [1.807, 2.05) is 0 Å². The van der Waals surface area contributed by atoms with Crippen LogP contribution in [0.2, 0.25) is 0 Å². The van der Waals surface area contributed by atoms with E-state index in [0.717, 1.165) is 12.1 Å². The minimum Gasteiger partial charge on any atom is -0.432 e. The van der Waals surface area contributed by atoms with Crippen LogP contribution in [0.15, 0.2) is 23.1 Å². The molecule has 0 unspecified atom stereocenters. The fraction of sp³-hybridized carbons (Fsp3) is 0.538. The zero-order chi connectivity index (χ0) is 17.0. The van der Waals surface area contributed by atoms with Gasteiger partial charge in [-0.2, -0.15) is 8.78 Å². The molecule has 22 heavy (non-hydrogen) atoms. The van der Waals surface area contributed by atoms with Crippen LogP contribution in [0.25, 0.3) is 0 Å². The molecule has 0 fully saturated rings. The smallest absolute Gasteiger partial charge is 0.387 e. The van der Waals surface area contributed by atoms with Crippen molar-refractivity contribution in [3.05, 3.63) is 24.0 Å². The van der Waals surface area contributed by atoms with Crippen LogP contribution in [-0.4, -0.2) is 27.1 Å². The zero-order valence-electron chi connectivity index (χ0n) is 12.3. The number of halogens is 3. The standard InChI is InChI=1S/C13H19F3N2O3S/c1-3-13(4-2,8-17)18-22(19,20)9-5-6-11(10(14)7-9)21-12(15)16/h5-7,12,18H,3-4,8,17H2,1-2H3. The lowest BCUT2D eigenvalue weighted by molar-refractivity contribution is -0.0522. The Balaban J connectivity index is 3.11. The van der Waals surface area contributed by atoms with Crippen LogP contribution in [0.1, 0.15) is 26.7 Å². The second-order valence-electron chi connectivity index (χ2n) is 4.77. The van der Waals surface area contributed by atoms with Crippen molar-refractivity contribution in [2.24, 2.45) is 5.73 Å². The second-order valence-corrected chi connectivity index (χ2v) is 6.45. The lowest BCUT2D eigenvalue weighted by atomic mass is 9.95. The number of nitrogens with one attached hydrogen (secondary N) is 1. The average Bonchev–Trinajstić information content (AvgIpc) is 2.46. The third-order valence-corrected chi connectivity index (χ3v) is 5.10. The largest absolute Gasteiger partial charge is 0.432 e. The number of hydrogen-bond acceptors (Lipinski definition) is 4. The molecule has 3 N–H and O–H groups in total. The van der Waals surface area contributed by atoms with Crippen LogP contribution < -0.4 is 15.2 Å². The van der Waals surface area contributed by atoms with Crippen LogP contribution in [0.3, 0.4) is 0 Å². The maximum absolute atomic E-state index is 13.6. The number of ether oxygens (including phenoxy) is 1. The molecule has 0 heterocycles. The van der Waals surface area contributed by atoms with Crippen molar-refractivity contribution >= 4 is 10.0 Å². The van der Waals surface area contributed by atoms with Gasteiger partial charge in [0.15, 0.2) is 11.6 Å². The molecule has 0 aliphatic heterocycles. The second kappa shape index (κ2) is 7.30. The van der Waals surface area contributed by atoms with Gasteiger partial charge in [-0.15, -0.1) is 0 Å². The van der Waals surface area contributed by atoms with Gasteiger partial charge in [0.1, 0.15) is 0 Å². The molecule has 0 saturated heterocycles. The molecular weight excluding hydrogens is 321 g/mol.